The highest BCUT2D eigenvalue weighted by Gasteiger charge is 2.17. The van der Waals surface area contributed by atoms with Crippen LogP contribution in [0.5, 0.6) is 0 Å². The lowest BCUT2D eigenvalue weighted by atomic mass is 10.1. The van der Waals surface area contributed by atoms with E-state index in [0.29, 0.717) is 32.1 Å². The topological polar surface area (TPSA) is 107 Å². The number of rotatable bonds is 14. The van der Waals surface area contributed by atoms with Crippen molar-refractivity contribution in [2.24, 2.45) is 5.92 Å². The zero-order valence-electron chi connectivity index (χ0n) is 21.1. The molecule has 0 radical (unpaired) electrons. The summed E-state index contributed by atoms with van der Waals surface area (Å²) in [5.74, 6) is -0.238. The smallest absolute Gasteiger partial charge is 0.223 e. The Morgan fingerprint density at radius 3 is 2.06 bits per heavy atom. The summed E-state index contributed by atoms with van der Waals surface area (Å²) in [4.78, 5) is 23.8. The molecule has 1 heterocycles. The van der Waals surface area contributed by atoms with Gasteiger partial charge in [-0.2, -0.15) is 0 Å². The Kier molecular flexibility index (Phi) is 10.6. The number of carbonyl (C=O) groups is 2. The van der Waals surface area contributed by atoms with Gasteiger partial charge in [-0.15, -0.1) is 5.10 Å². The molecule has 3 rings (SSSR count). The fraction of sp³-hybridized carbons (Fsp3) is 0.407. The van der Waals surface area contributed by atoms with Crippen LogP contribution in [-0.4, -0.2) is 46.6 Å². The lowest BCUT2D eigenvalue weighted by molar-refractivity contribution is -0.125. The maximum atomic E-state index is 12.2. The number of benzene rings is 2. The van der Waals surface area contributed by atoms with E-state index in [9.17, 15) is 9.59 Å². The van der Waals surface area contributed by atoms with Gasteiger partial charge in [0.2, 0.25) is 11.8 Å². The van der Waals surface area contributed by atoms with E-state index >= 15 is 0 Å². The first-order valence-electron chi connectivity index (χ1n) is 12.1. The van der Waals surface area contributed by atoms with E-state index in [0.717, 1.165) is 11.1 Å². The molecule has 2 atom stereocenters. The standard InChI is InChI=1S/C27H35N5O4/c1-20(2)27(34)29-26(23-12-8-5-9-13-23)19-36-17-24-16-32(31-30-24)14-15-35-18-25(28-21(3)33)22-10-6-4-7-11-22/h4-13,16,20,25-26H,14-15,17-19H2,1-3H3,(H,28,33)(H,29,34). The molecule has 0 bridgehead atoms. The number of nitrogens with one attached hydrogen (secondary N) is 2. The molecule has 3 aromatic rings. The number of amides is 2. The molecule has 192 valence electrons. The monoisotopic (exact) mass is 493 g/mol. The molecule has 0 saturated heterocycles. The third-order valence-corrected chi connectivity index (χ3v) is 5.49. The van der Waals surface area contributed by atoms with Crippen molar-refractivity contribution in [3.8, 4) is 0 Å². The third-order valence-electron chi connectivity index (χ3n) is 5.49. The molecular weight excluding hydrogens is 458 g/mol. The maximum absolute atomic E-state index is 12.2. The average Bonchev–Trinajstić information content (AvgIpc) is 3.33. The second kappa shape index (κ2) is 14.1. The van der Waals surface area contributed by atoms with Gasteiger partial charge >= 0.3 is 0 Å². The van der Waals surface area contributed by atoms with Crippen molar-refractivity contribution in [2.75, 3.05) is 19.8 Å². The van der Waals surface area contributed by atoms with Crippen molar-refractivity contribution in [1.29, 1.82) is 0 Å². The summed E-state index contributed by atoms with van der Waals surface area (Å²) in [5, 5.41) is 14.3. The number of hydrogen-bond acceptors (Lipinski definition) is 6. The van der Waals surface area contributed by atoms with Crippen molar-refractivity contribution in [3.63, 3.8) is 0 Å². The minimum atomic E-state index is -0.245. The molecule has 36 heavy (non-hydrogen) atoms. The lowest BCUT2D eigenvalue weighted by Crippen LogP contribution is -2.34. The maximum Gasteiger partial charge on any atom is 0.223 e. The van der Waals surface area contributed by atoms with Gasteiger partial charge < -0.3 is 20.1 Å². The Morgan fingerprint density at radius 1 is 0.889 bits per heavy atom. The van der Waals surface area contributed by atoms with Gasteiger partial charge in [0.15, 0.2) is 0 Å². The van der Waals surface area contributed by atoms with E-state index in [-0.39, 0.29) is 36.4 Å². The van der Waals surface area contributed by atoms with Crippen LogP contribution in [0.2, 0.25) is 0 Å². The Labute approximate surface area is 212 Å². The number of nitrogens with zero attached hydrogens (tertiary/aromatic N) is 3. The van der Waals surface area contributed by atoms with Crippen molar-refractivity contribution >= 4 is 11.8 Å². The number of ether oxygens (including phenoxy) is 2. The zero-order chi connectivity index (χ0) is 25.8. The summed E-state index contributed by atoms with van der Waals surface area (Å²) in [6.07, 6.45) is 1.82. The Morgan fingerprint density at radius 2 is 1.47 bits per heavy atom. The normalized spacial score (nSPS) is 12.8. The quantitative estimate of drug-likeness (QED) is 0.334. The molecule has 0 aliphatic rings. The van der Waals surface area contributed by atoms with E-state index in [1.165, 1.54) is 6.92 Å². The van der Waals surface area contributed by atoms with E-state index in [2.05, 4.69) is 20.9 Å². The van der Waals surface area contributed by atoms with Gasteiger partial charge in [0.05, 0.1) is 51.3 Å². The van der Waals surface area contributed by atoms with Gasteiger partial charge in [-0.05, 0) is 11.1 Å². The molecular formula is C27H35N5O4. The summed E-state index contributed by atoms with van der Waals surface area (Å²) in [6.45, 7) is 7.12. The molecule has 2 amide bonds. The fourth-order valence-electron chi connectivity index (χ4n) is 3.55. The molecule has 2 N–H and O–H groups in total. The molecule has 0 aliphatic heterocycles. The minimum absolute atomic E-state index is 0.0218. The van der Waals surface area contributed by atoms with Gasteiger partial charge in [0.1, 0.15) is 5.69 Å². The Balaban J connectivity index is 1.44. The fourth-order valence-corrected chi connectivity index (χ4v) is 3.55. The van der Waals surface area contributed by atoms with Gasteiger partial charge in [0.25, 0.3) is 0 Å². The second-order valence-electron chi connectivity index (χ2n) is 8.85. The van der Waals surface area contributed by atoms with Crippen molar-refractivity contribution < 1.29 is 19.1 Å². The summed E-state index contributed by atoms with van der Waals surface area (Å²) >= 11 is 0. The zero-order valence-corrected chi connectivity index (χ0v) is 21.1. The van der Waals surface area contributed by atoms with Gasteiger partial charge in [-0.3, -0.25) is 9.59 Å². The first-order chi connectivity index (χ1) is 17.4. The van der Waals surface area contributed by atoms with Crippen LogP contribution in [0, 0.1) is 5.92 Å². The number of aromatic nitrogens is 3. The van der Waals surface area contributed by atoms with E-state index in [1.807, 2.05) is 80.7 Å². The van der Waals surface area contributed by atoms with Crippen LogP contribution in [0.1, 0.15) is 49.7 Å². The summed E-state index contributed by atoms with van der Waals surface area (Å²) < 4.78 is 13.4. The summed E-state index contributed by atoms with van der Waals surface area (Å²) in [5.41, 5.74) is 2.67. The first-order valence-corrected chi connectivity index (χ1v) is 12.1. The van der Waals surface area contributed by atoms with E-state index < -0.39 is 0 Å². The van der Waals surface area contributed by atoms with Crippen LogP contribution in [0.25, 0.3) is 0 Å². The highest BCUT2D eigenvalue weighted by molar-refractivity contribution is 5.78. The SMILES string of the molecule is CC(=O)NC(COCCn1cc(COCC(NC(=O)C(C)C)c2ccccc2)nn1)c1ccccc1. The summed E-state index contributed by atoms with van der Waals surface area (Å²) in [6, 6.07) is 19.0. The highest BCUT2D eigenvalue weighted by Crippen LogP contribution is 2.15. The molecule has 2 aromatic carbocycles. The largest absolute Gasteiger partial charge is 0.377 e. The molecule has 9 heteroatoms. The molecule has 0 spiro atoms. The van der Waals surface area contributed by atoms with Crippen molar-refractivity contribution in [3.05, 3.63) is 83.7 Å². The van der Waals surface area contributed by atoms with Gasteiger partial charge in [0, 0.05) is 12.8 Å². The van der Waals surface area contributed by atoms with E-state index in [4.69, 9.17) is 9.47 Å². The van der Waals surface area contributed by atoms with Crippen LogP contribution >= 0.6 is 0 Å². The van der Waals surface area contributed by atoms with Crippen LogP contribution in [0.4, 0.5) is 0 Å². The lowest BCUT2D eigenvalue weighted by Gasteiger charge is -2.20. The Hall–Kier alpha value is -3.56. The molecule has 1 aromatic heterocycles. The molecule has 0 fully saturated rings. The van der Waals surface area contributed by atoms with Crippen LogP contribution in [0.3, 0.4) is 0 Å². The molecule has 0 aliphatic carbocycles. The summed E-state index contributed by atoms with van der Waals surface area (Å²) in [7, 11) is 0. The first kappa shape index (κ1) is 27.0. The average molecular weight is 494 g/mol. The Bertz CT molecular complexity index is 1070. The predicted molar refractivity (Wildman–Crippen MR) is 136 cm³/mol. The third kappa shape index (κ3) is 8.90. The highest BCUT2D eigenvalue weighted by atomic mass is 16.5. The minimum Gasteiger partial charge on any atom is -0.377 e. The van der Waals surface area contributed by atoms with Crippen molar-refractivity contribution in [1.82, 2.24) is 25.6 Å². The second-order valence-corrected chi connectivity index (χ2v) is 8.85. The predicted octanol–water partition coefficient (Wildman–Crippen LogP) is 3.20. The molecule has 0 saturated carbocycles. The van der Waals surface area contributed by atoms with Crippen LogP contribution < -0.4 is 10.6 Å². The molecule has 2 unspecified atom stereocenters. The van der Waals surface area contributed by atoms with Gasteiger partial charge in [-0.25, -0.2) is 4.68 Å². The van der Waals surface area contributed by atoms with E-state index in [1.54, 1.807) is 4.68 Å². The van der Waals surface area contributed by atoms with Crippen LogP contribution in [-0.2, 0) is 32.2 Å². The molecule has 9 nitrogen and oxygen atoms in total. The van der Waals surface area contributed by atoms with Crippen LogP contribution in [0.15, 0.2) is 66.9 Å². The number of carbonyl (C=O) groups excluding carboxylic acids is 2. The number of hydrogen-bond donors (Lipinski definition) is 2. The van der Waals surface area contributed by atoms with Crippen molar-refractivity contribution in [2.45, 2.75) is 46.0 Å². The van der Waals surface area contributed by atoms with Gasteiger partial charge in [-0.1, -0.05) is 79.7 Å².